The molecule has 0 N–H and O–H groups in total. The van der Waals surface area contributed by atoms with Crippen LogP contribution in [-0.4, -0.2) is 48.2 Å². The van der Waals surface area contributed by atoms with Crippen LogP contribution in [0.15, 0.2) is 453 Å². The summed E-state index contributed by atoms with van der Waals surface area (Å²) in [7, 11) is 0. The van der Waals surface area contributed by atoms with Gasteiger partial charge in [-0.05, 0) is 155 Å². The van der Waals surface area contributed by atoms with Gasteiger partial charge in [-0.15, -0.1) is 11.3 Å². The predicted molar refractivity (Wildman–Crippen MR) is 609 cm³/mol. The number of thiophene rings is 1. The van der Waals surface area contributed by atoms with Gasteiger partial charge in [0.05, 0.1) is 78.3 Å². The molecule has 694 valence electrons. The summed E-state index contributed by atoms with van der Waals surface area (Å²) in [6.07, 6.45) is 0. The maximum absolute atomic E-state index is 6.29. The van der Waals surface area contributed by atoms with Gasteiger partial charge in [-0.3, -0.25) is 0 Å². The van der Waals surface area contributed by atoms with Crippen LogP contribution in [0.2, 0.25) is 0 Å². The second kappa shape index (κ2) is 32.8. The summed E-state index contributed by atoms with van der Waals surface area (Å²) >= 11 is 1.87. The molecule has 0 saturated heterocycles. The minimum atomic E-state index is -0.245. The molecule has 0 aliphatic heterocycles. The zero-order valence-electron chi connectivity index (χ0n) is 81.5. The van der Waals surface area contributed by atoms with Crippen molar-refractivity contribution in [3.8, 4) is 124 Å². The lowest BCUT2D eigenvalue weighted by Gasteiger charge is -2.21. The van der Waals surface area contributed by atoms with Crippen molar-refractivity contribution in [1.29, 1.82) is 0 Å². The largest absolute Gasteiger partial charge is 0.456 e. The third-order valence-corrected chi connectivity index (χ3v) is 32.4. The third-order valence-electron chi connectivity index (χ3n) is 31.2. The lowest BCUT2D eigenvalue weighted by molar-refractivity contribution is 0.636. The van der Waals surface area contributed by atoms with E-state index in [0.29, 0.717) is 0 Å². The molecule has 0 atom stereocenters. The Labute approximate surface area is 851 Å². The van der Waals surface area contributed by atoms with Crippen LogP contribution < -0.4 is 0 Å². The average molecular weight is 1900 g/mol. The first-order valence-electron chi connectivity index (χ1n) is 50.5. The zero-order chi connectivity index (χ0) is 97.8. The van der Waals surface area contributed by atoms with E-state index in [1.165, 1.54) is 130 Å². The summed E-state index contributed by atoms with van der Waals surface area (Å²) in [6, 6.07) is 161. The Kier molecular flexibility index (Phi) is 19.1. The number of hydrogen-bond acceptors (Lipinski definition) is 8. The van der Waals surface area contributed by atoms with E-state index in [1.54, 1.807) is 0 Å². The molecule has 0 spiro atoms. The highest BCUT2D eigenvalue weighted by Gasteiger charge is 2.44. The number of hydrogen-bond donors (Lipinski definition) is 0. The molecule has 0 bridgehead atoms. The van der Waals surface area contributed by atoms with E-state index in [1.807, 2.05) is 53.8 Å². The summed E-state index contributed by atoms with van der Waals surface area (Å²) in [5.41, 5.74) is 38.5. The van der Waals surface area contributed by atoms with Crippen molar-refractivity contribution < 1.29 is 4.42 Å². The Morgan fingerprint density at radius 1 is 0.197 bits per heavy atom. The molecular weight excluding hydrogens is 1810 g/mol. The molecule has 0 amide bonds. The van der Waals surface area contributed by atoms with Gasteiger partial charge >= 0.3 is 0 Å². The van der Waals surface area contributed by atoms with E-state index in [9.17, 15) is 0 Å². The number of furan rings is 1. The van der Waals surface area contributed by atoms with Crippen LogP contribution in [0.4, 0.5) is 0 Å². The molecule has 0 fully saturated rings. The fraction of sp³-hybridized carbons (Fsp3) is 0.0667. The number of nitrogens with zero attached hydrogens (tertiary/aromatic N) is 10. The van der Waals surface area contributed by atoms with E-state index >= 15 is 0 Å². The minimum Gasteiger partial charge on any atom is -0.456 e. The van der Waals surface area contributed by atoms with Gasteiger partial charge in [0, 0.05) is 163 Å². The first kappa shape index (κ1) is 85.4. The number of fused-ring (bicyclic) bond motifs is 27. The SMILES string of the molecule is CC1(C)c2ccccc2-c2c(-c3ccc(-n4c5ccccc5c5cc6c(cc54)c4ccccc4n6-c4ccccc4)cc3)nc(-c3ccccc3)nc21.CC1(C)c2ccccc2-c2c(-c3ccc(-n4c5ccccc5c5cc6oc7ccccc7c6cc54)cc3)nc(-c3ccccc3)nc21.CC1(C)c2ccccc2-c2c(-c3ccc(-n4c5ccccc5c5cc6sc7ccccc7c6cc54)cc3)nc(-c3ccccc3)nc21. The van der Waals surface area contributed by atoms with Crippen LogP contribution in [0.25, 0.3) is 253 Å². The molecule has 0 unspecified atom stereocenters. The molecule has 9 heterocycles. The van der Waals surface area contributed by atoms with Crippen molar-refractivity contribution >= 4 is 141 Å². The average Bonchev–Trinajstić information content (AvgIpc) is 1.58. The van der Waals surface area contributed by atoms with Crippen LogP contribution in [-0.2, 0) is 16.2 Å². The van der Waals surface area contributed by atoms with Crippen LogP contribution in [0.5, 0.6) is 0 Å². The molecule has 147 heavy (non-hydrogen) atoms. The first-order valence-corrected chi connectivity index (χ1v) is 51.3. The fourth-order valence-electron chi connectivity index (χ4n) is 24.2. The Hall–Kier alpha value is -18.4. The first-order chi connectivity index (χ1) is 72.2. The lowest BCUT2D eigenvalue weighted by Crippen LogP contribution is -2.17. The summed E-state index contributed by atoms with van der Waals surface area (Å²) in [5, 5.41) is 14.8. The van der Waals surface area contributed by atoms with Crippen molar-refractivity contribution in [2.75, 3.05) is 0 Å². The molecule has 31 rings (SSSR count). The van der Waals surface area contributed by atoms with E-state index in [-0.39, 0.29) is 16.2 Å². The van der Waals surface area contributed by atoms with Crippen LogP contribution in [0, 0.1) is 0 Å². The lowest BCUT2D eigenvalue weighted by atomic mass is 9.85. The van der Waals surface area contributed by atoms with E-state index in [2.05, 4.69) is 466 Å². The van der Waals surface area contributed by atoms with Gasteiger partial charge in [-0.25, -0.2) is 29.9 Å². The van der Waals surface area contributed by atoms with Gasteiger partial charge in [-0.1, -0.05) is 369 Å². The van der Waals surface area contributed by atoms with Crippen molar-refractivity contribution in [2.24, 2.45) is 0 Å². The molecule has 0 saturated carbocycles. The Morgan fingerprint density at radius 2 is 0.483 bits per heavy atom. The second-order valence-electron chi connectivity index (χ2n) is 40.7. The summed E-state index contributed by atoms with van der Waals surface area (Å²) < 4.78 is 18.5. The van der Waals surface area contributed by atoms with Gasteiger partial charge < -0.3 is 22.7 Å². The van der Waals surface area contributed by atoms with Crippen LogP contribution >= 0.6 is 11.3 Å². The molecule has 0 radical (unpaired) electrons. The van der Waals surface area contributed by atoms with Gasteiger partial charge in [0.1, 0.15) is 11.2 Å². The maximum atomic E-state index is 6.29. The predicted octanol–water partition coefficient (Wildman–Crippen LogP) is 35.0. The van der Waals surface area contributed by atoms with Gasteiger partial charge in [-0.2, -0.15) is 0 Å². The number of para-hydroxylation sites is 6. The van der Waals surface area contributed by atoms with Crippen molar-refractivity contribution in [3.05, 3.63) is 483 Å². The summed E-state index contributed by atoms with van der Waals surface area (Å²) in [5.74, 6) is 2.27. The zero-order valence-corrected chi connectivity index (χ0v) is 82.3. The second-order valence-corrected chi connectivity index (χ2v) is 41.8. The van der Waals surface area contributed by atoms with E-state index in [0.717, 1.165) is 157 Å². The number of benzene rings is 19. The highest BCUT2D eigenvalue weighted by atomic mass is 32.1. The monoisotopic (exact) mass is 1900 g/mol. The van der Waals surface area contributed by atoms with Gasteiger partial charge in [0.25, 0.3) is 0 Å². The molecule has 12 heteroatoms. The van der Waals surface area contributed by atoms with Crippen molar-refractivity contribution in [2.45, 2.75) is 57.8 Å². The highest BCUT2D eigenvalue weighted by molar-refractivity contribution is 7.25. The Morgan fingerprint density at radius 3 is 0.864 bits per heavy atom. The Balaban J connectivity index is 0.000000104. The molecule has 9 aromatic heterocycles. The molecule has 3 aliphatic carbocycles. The van der Waals surface area contributed by atoms with Gasteiger partial charge in [0.2, 0.25) is 0 Å². The fourth-order valence-corrected chi connectivity index (χ4v) is 25.3. The molecule has 3 aliphatic rings. The maximum Gasteiger partial charge on any atom is 0.160 e. The topological polar surface area (TPSA) is 110 Å². The molecule has 19 aromatic carbocycles. The number of rotatable bonds is 10. The highest BCUT2D eigenvalue weighted by Crippen LogP contribution is 2.57. The van der Waals surface area contributed by atoms with Gasteiger partial charge in [0.15, 0.2) is 17.5 Å². The van der Waals surface area contributed by atoms with E-state index < -0.39 is 0 Å². The van der Waals surface area contributed by atoms with E-state index in [4.69, 9.17) is 34.3 Å². The molecule has 28 aromatic rings. The quantitative estimate of drug-likeness (QED) is 0.134. The normalized spacial score (nSPS) is 13.4. The minimum absolute atomic E-state index is 0.229. The van der Waals surface area contributed by atoms with Crippen molar-refractivity contribution in [1.82, 2.24) is 48.2 Å². The summed E-state index contributed by atoms with van der Waals surface area (Å²) in [6.45, 7) is 13.7. The third kappa shape index (κ3) is 13.2. The molecule has 11 nitrogen and oxygen atoms in total. The smallest absolute Gasteiger partial charge is 0.160 e. The van der Waals surface area contributed by atoms with Crippen molar-refractivity contribution in [3.63, 3.8) is 0 Å². The Bertz CT molecular complexity index is 9940. The number of aromatic nitrogens is 10. The van der Waals surface area contributed by atoms with Crippen LogP contribution in [0.1, 0.15) is 75.3 Å². The molecular formula is C135H92N10OS. The standard InChI is InChI=1S/C49H34N4.C43H29N3O.C43H29N3S/c1-49(2)40-22-12-9-21-37(40)45-46(50-48(51-47(45)49)32-15-5-3-6-16-32)31-25-27-34(28-26-31)53-42-24-14-11-20-36(42)39-29-43-38(30-44(39)53)35-19-10-13-23-41(35)52(43)33-17-7-4-8-18-33;2*1-43(2)34-17-9-6-16-31(34)39-40(44-42(45-41(39)43)27-12-4-3-5-13-27)26-20-22-28(23-21-26)46-35-18-10-7-14-29(35)32-25-38-33(24-36(32)46)30-15-8-11-19-37(30)47-38/h3-30H,1-2H3;2*3-25H,1-2H3. The van der Waals surface area contributed by atoms with Crippen LogP contribution in [0.3, 0.4) is 0 Å². The summed E-state index contributed by atoms with van der Waals surface area (Å²) in [4.78, 5) is 31.6.